The molecule has 0 saturated carbocycles. The molecule has 0 atom stereocenters. The van der Waals surface area contributed by atoms with Crippen molar-refractivity contribution in [3.63, 3.8) is 0 Å². The molecule has 0 aromatic heterocycles. The summed E-state index contributed by atoms with van der Waals surface area (Å²) in [5.74, 6) is 0.294. The summed E-state index contributed by atoms with van der Waals surface area (Å²) < 4.78 is 6.48. The summed E-state index contributed by atoms with van der Waals surface area (Å²) in [5, 5.41) is 8.82. The Labute approximate surface area is 60.1 Å². The molecule has 0 saturated heterocycles. The van der Waals surface area contributed by atoms with Gasteiger partial charge in [-0.1, -0.05) is 0 Å². The van der Waals surface area contributed by atoms with Gasteiger partial charge in [0, 0.05) is 0 Å². The van der Waals surface area contributed by atoms with E-state index in [1.807, 2.05) is 12.1 Å². The number of nitrogens with two attached hydrogens (primary N) is 1. The van der Waals surface area contributed by atoms with E-state index in [2.05, 4.69) is 0 Å². The monoisotopic (exact) mass is 189 g/mol. The first-order valence-corrected chi connectivity index (χ1v) is 4.33. The third kappa shape index (κ3) is 1.72. The average molecular weight is 188 g/mol. The molecule has 0 aliphatic rings. The molecule has 0 unspecified atom stereocenters. The van der Waals surface area contributed by atoms with Gasteiger partial charge in [0.05, 0.1) is 0 Å². The number of benzene rings is 1. The molecule has 0 bridgehead atoms. The molecule has 0 aliphatic carbocycles. The first-order chi connectivity index (χ1) is 4.33. The van der Waals surface area contributed by atoms with Gasteiger partial charge in [0.2, 0.25) is 0 Å². The van der Waals surface area contributed by atoms with E-state index in [1.54, 1.807) is 12.1 Å². The van der Waals surface area contributed by atoms with E-state index >= 15 is 0 Å². The van der Waals surface area contributed by atoms with Gasteiger partial charge in [0.15, 0.2) is 0 Å². The molecule has 1 aromatic rings. The molecule has 0 amide bonds. The Balaban J connectivity index is 2.88. The van der Waals surface area contributed by atoms with Crippen molar-refractivity contribution in [2.24, 2.45) is 4.75 Å². The van der Waals surface area contributed by atoms with Gasteiger partial charge in [-0.25, -0.2) is 0 Å². The second-order valence-electron chi connectivity index (χ2n) is 1.61. The van der Waals surface area contributed by atoms with E-state index in [-0.39, 0.29) is 15.2 Å². The van der Waals surface area contributed by atoms with Crippen molar-refractivity contribution in [1.82, 2.24) is 0 Å². The van der Waals surface area contributed by atoms with E-state index in [4.69, 9.17) is 9.86 Å². The number of hydrogen-bond donors (Lipinski definition) is 2. The van der Waals surface area contributed by atoms with Crippen LogP contribution < -0.4 is 9.21 Å². The Kier molecular flexibility index (Phi) is 2.11. The van der Waals surface area contributed by atoms with Crippen molar-refractivity contribution in [3.05, 3.63) is 24.3 Å². The van der Waals surface area contributed by atoms with Gasteiger partial charge in [-0.05, 0) is 0 Å². The first-order valence-electron chi connectivity index (χ1n) is 2.48. The first kappa shape index (κ1) is 6.62. The Morgan fingerprint density at radius 1 is 1.22 bits per heavy atom. The Morgan fingerprint density at radius 2 is 1.78 bits per heavy atom. The van der Waals surface area contributed by atoms with Gasteiger partial charge in [-0.2, -0.15) is 0 Å². The molecule has 0 heterocycles. The quantitative estimate of drug-likeness (QED) is 0.589. The molecular weight excluding hydrogens is 181 g/mol. The molecular formula is C6H7NOSe. The summed E-state index contributed by atoms with van der Waals surface area (Å²) in [4.78, 5) is 0. The second-order valence-corrected chi connectivity index (χ2v) is 3.10. The van der Waals surface area contributed by atoms with Crippen LogP contribution in [-0.2, 0) is 0 Å². The van der Waals surface area contributed by atoms with Crippen LogP contribution in [-0.4, -0.2) is 20.3 Å². The minimum absolute atomic E-state index is 0.0493. The predicted octanol–water partition coefficient (Wildman–Crippen LogP) is -0.405. The van der Waals surface area contributed by atoms with E-state index in [0.717, 1.165) is 4.46 Å². The summed E-state index contributed by atoms with van der Waals surface area (Å²) in [6, 6.07) is 6.94. The van der Waals surface area contributed by atoms with E-state index in [1.165, 1.54) is 0 Å². The van der Waals surface area contributed by atoms with E-state index < -0.39 is 0 Å². The maximum atomic E-state index is 8.82. The number of rotatable bonds is 1. The fourth-order valence-electron chi connectivity index (χ4n) is 0.525. The molecule has 0 aliphatic heterocycles. The second kappa shape index (κ2) is 2.87. The Bertz CT molecular complexity index is 185. The van der Waals surface area contributed by atoms with Crippen LogP contribution >= 0.6 is 0 Å². The number of phenolic OH excluding ortho intramolecular Hbond substituents is 1. The van der Waals surface area contributed by atoms with Crippen LogP contribution in [0.3, 0.4) is 0 Å². The molecule has 0 spiro atoms. The minimum atomic E-state index is 0.0493. The van der Waals surface area contributed by atoms with Crippen LogP contribution in [0.5, 0.6) is 5.75 Å². The molecule has 1 aromatic carbocycles. The van der Waals surface area contributed by atoms with E-state index in [0.29, 0.717) is 5.75 Å². The SMILES string of the molecule is N[Se]c1ccc(O)cc1. The van der Waals surface area contributed by atoms with Gasteiger partial charge < -0.3 is 0 Å². The van der Waals surface area contributed by atoms with Gasteiger partial charge >= 0.3 is 59.5 Å². The molecule has 48 valence electrons. The van der Waals surface area contributed by atoms with Crippen molar-refractivity contribution in [3.8, 4) is 5.75 Å². The van der Waals surface area contributed by atoms with Crippen molar-refractivity contribution in [2.75, 3.05) is 0 Å². The molecule has 1 rings (SSSR count). The summed E-state index contributed by atoms with van der Waals surface area (Å²) in [7, 11) is 0. The zero-order valence-electron chi connectivity index (χ0n) is 4.74. The summed E-state index contributed by atoms with van der Waals surface area (Å²) >= 11 is 0.0493. The van der Waals surface area contributed by atoms with Gasteiger partial charge in [-0.15, -0.1) is 0 Å². The molecule has 0 fully saturated rings. The van der Waals surface area contributed by atoms with Crippen LogP contribution in [0, 0.1) is 0 Å². The number of hydrogen-bond acceptors (Lipinski definition) is 2. The van der Waals surface area contributed by atoms with Gasteiger partial charge in [0.25, 0.3) is 0 Å². The molecule has 3 heteroatoms. The van der Waals surface area contributed by atoms with Crippen LogP contribution in [0.2, 0.25) is 0 Å². The molecule has 2 nitrogen and oxygen atoms in total. The van der Waals surface area contributed by atoms with E-state index in [9.17, 15) is 0 Å². The summed E-state index contributed by atoms with van der Waals surface area (Å²) in [5.41, 5.74) is 0. The zero-order chi connectivity index (χ0) is 6.69. The Morgan fingerprint density at radius 3 is 2.22 bits per heavy atom. The third-order valence-electron chi connectivity index (χ3n) is 0.973. The third-order valence-corrected chi connectivity index (χ3v) is 2.11. The number of phenols is 1. The van der Waals surface area contributed by atoms with Crippen molar-refractivity contribution in [1.29, 1.82) is 0 Å². The topological polar surface area (TPSA) is 46.2 Å². The van der Waals surface area contributed by atoms with Crippen molar-refractivity contribution in [2.45, 2.75) is 0 Å². The maximum absolute atomic E-state index is 8.82. The average Bonchev–Trinajstić information content (AvgIpc) is 1.90. The molecule has 9 heavy (non-hydrogen) atoms. The summed E-state index contributed by atoms with van der Waals surface area (Å²) in [6.45, 7) is 0. The van der Waals surface area contributed by atoms with Crippen molar-refractivity contribution < 1.29 is 5.11 Å². The number of aromatic hydroxyl groups is 1. The Hall–Kier alpha value is -0.501. The molecule has 0 radical (unpaired) electrons. The standard InChI is InChI=1S/C6H7NOSe/c7-9-6-3-1-5(8)2-4-6/h1-4,8H,7H2. The fraction of sp³-hybridized carbons (Fsp3) is 0. The summed E-state index contributed by atoms with van der Waals surface area (Å²) in [6.07, 6.45) is 0. The van der Waals surface area contributed by atoms with Gasteiger partial charge in [-0.3, -0.25) is 0 Å². The van der Waals surface area contributed by atoms with Crippen LogP contribution in [0.1, 0.15) is 0 Å². The normalized spacial score (nSPS) is 9.44. The van der Waals surface area contributed by atoms with Crippen molar-refractivity contribution >= 4 is 19.6 Å². The fourth-order valence-corrected chi connectivity index (χ4v) is 1.14. The zero-order valence-corrected chi connectivity index (χ0v) is 6.46. The predicted molar refractivity (Wildman–Crippen MR) is 37.7 cm³/mol. The van der Waals surface area contributed by atoms with Crippen LogP contribution in [0.25, 0.3) is 0 Å². The van der Waals surface area contributed by atoms with Crippen LogP contribution in [0.4, 0.5) is 0 Å². The molecule has 3 N–H and O–H groups in total. The van der Waals surface area contributed by atoms with Gasteiger partial charge in [0.1, 0.15) is 0 Å². The van der Waals surface area contributed by atoms with Crippen LogP contribution in [0.15, 0.2) is 24.3 Å².